The smallest absolute Gasteiger partial charge is 0.242 e. The van der Waals surface area contributed by atoms with Crippen LogP contribution in [0.1, 0.15) is 20.3 Å². The Bertz CT molecular complexity index is 656. The van der Waals surface area contributed by atoms with Gasteiger partial charge in [-0.05, 0) is 24.8 Å². The third-order valence-corrected chi connectivity index (χ3v) is 4.42. The van der Waals surface area contributed by atoms with Crippen LogP contribution in [0, 0.1) is 0 Å². The minimum absolute atomic E-state index is 0.0475. The molecular formula is C14H19N5OS. The summed E-state index contributed by atoms with van der Waals surface area (Å²) in [5, 5.41) is 9.16. The molecule has 2 N–H and O–H groups in total. The standard InChI is InChI=1S/C14H19N5OS/c1-3-5-16-14-17-11(10-4-8-21-13(10)18-14)19-7-6-15-12(20)9(19)2/h4,8-9H,3,5-7H2,1-2H3,(H,15,20)(H,16,17,18). The monoisotopic (exact) mass is 305 g/mol. The topological polar surface area (TPSA) is 70.2 Å². The molecule has 3 rings (SSSR count). The predicted molar refractivity (Wildman–Crippen MR) is 86.0 cm³/mol. The number of thiophene rings is 1. The van der Waals surface area contributed by atoms with Crippen molar-refractivity contribution in [3.63, 3.8) is 0 Å². The van der Waals surface area contributed by atoms with E-state index in [0.717, 1.165) is 35.5 Å². The fourth-order valence-corrected chi connectivity index (χ4v) is 3.20. The molecule has 0 aromatic carbocycles. The SMILES string of the molecule is CCCNc1nc(N2CCNC(=O)C2C)c2ccsc2n1. The van der Waals surface area contributed by atoms with Crippen molar-refractivity contribution in [3.8, 4) is 0 Å². The second-order valence-electron chi connectivity index (χ2n) is 5.10. The van der Waals surface area contributed by atoms with E-state index < -0.39 is 0 Å². The van der Waals surface area contributed by atoms with E-state index in [1.165, 1.54) is 0 Å². The van der Waals surface area contributed by atoms with E-state index in [2.05, 4.69) is 32.4 Å². The molecule has 1 atom stereocenters. The van der Waals surface area contributed by atoms with Crippen LogP contribution in [-0.4, -0.2) is 41.6 Å². The van der Waals surface area contributed by atoms with Gasteiger partial charge in [-0.1, -0.05) is 6.92 Å². The summed E-state index contributed by atoms with van der Waals surface area (Å²) in [5.74, 6) is 1.54. The lowest BCUT2D eigenvalue weighted by molar-refractivity contribution is -0.122. The van der Waals surface area contributed by atoms with E-state index in [-0.39, 0.29) is 11.9 Å². The van der Waals surface area contributed by atoms with E-state index in [4.69, 9.17) is 0 Å². The highest BCUT2D eigenvalue weighted by atomic mass is 32.1. The van der Waals surface area contributed by atoms with Crippen LogP contribution in [0.15, 0.2) is 11.4 Å². The Hall–Kier alpha value is -1.89. The number of rotatable bonds is 4. The van der Waals surface area contributed by atoms with Crippen molar-refractivity contribution in [3.05, 3.63) is 11.4 Å². The summed E-state index contributed by atoms with van der Waals surface area (Å²) < 4.78 is 0. The van der Waals surface area contributed by atoms with Crippen molar-refractivity contribution in [2.75, 3.05) is 29.9 Å². The molecule has 0 radical (unpaired) electrons. The first kappa shape index (κ1) is 14.1. The average Bonchev–Trinajstić information content (AvgIpc) is 2.95. The number of piperazine rings is 1. The summed E-state index contributed by atoms with van der Waals surface area (Å²) in [6.45, 7) is 6.27. The van der Waals surface area contributed by atoms with Crippen molar-refractivity contribution < 1.29 is 4.79 Å². The minimum Gasteiger partial charge on any atom is -0.354 e. The second kappa shape index (κ2) is 5.85. The number of carbonyl (C=O) groups excluding carboxylic acids is 1. The Balaban J connectivity index is 2.02. The molecular weight excluding hydrogens is 286 g/mol. The van der Waals surface area contributed by atoms with Crippen molar-refractivity contribution >= 4 is 39.2 Å². The number of hydrogen-bond donors (Lipinski definition) is 2. The Morgan fingerprint density at radius 2 is 2.38 bits per heavy atom. The fraction of sp³-hybridized carbons (Fsp3) is 0.500. The Morgan fingerprint density at radius 3 is 3.19 bits per heavy atom. The van der Waals surface area contributed by atoms with E-state index >= 15 is 0 Å². The molecule has 1 amide bonds. The van der Waals surface area contributed by atoms with Gasteiger partial charge in [0.1, 0.15) is 16.7 Å². The molecule has 0 bridgehead atoms. The van der Waals surface area contributed by atoms with Gasteiger partial charge in [-0.2, -0.15) is 4.98 Å². The van der Waals surface area contributed by atoms with Gasteiger partial charge in [0.05, 0.1) is 5.39 Å². The number of fused-ring (bicyclic) bond motifs is 1. The molecule has 6 nitrogen and oxygen atoms in total. The van der Waals surface area contributed by atoms with Gasteiger partial charge in [-0.3, -0.25) is 4.79 Å². The summed E-state index contributed by atoms with van der Waals surface area (Å²) in [4.78, 5) is 24.1. The summed E-state index contributed by atoms with van der Waals surface area (Å²) in [6.07, 6.45) is 1.02. The highest BCUT2D eigenvalue weighted by Gasteiger charge is 2.28. The molecule has 1 unspecified atom stereocenters. The summed E-state index contributed by atoms with van der Waals surface area (Å²) in [7, 11) is 0. The number of nitrogens with zero attached hydrogens (tertiary/aromatic N) is 3. The molecule has 1 aliphatic heterocycles. The number of carbonyl (C=O) groups is 1. The number of anilines is 2. The molecule has 0 saturated carbocycles. The lowest BCUT2D eigenvalue weighted by Crippen LogP contribution is -2.54. The number of nitrogens with one attached hydrogen (secondary N) is 2. The first-order chi connectivity index (χ1) is 10.2. The maximum atomic E-state index is 11.9. The molecule has 2 aromatic rings. The molecule has 0 aliphatic carbocycles. The number of hydrogen-bond acceptors (Lipinski definition) is 6. The van der Waals surface area contributed by atoms with Crippen molar-refractivity contribution in [2.24, 2.45) is 0 Å². The van der Waals surface area contributed by atoms with Gasteiger partial charge in [0.25, 0.3) is 0 Å². The van der Waals surface area contributed by atoms with Gasteiger partial charge in [0.2, 0.25) is 11.9 Å². The zero-order chi connectivity index (χ0) is 14.8. The molecule has 1 fully saturated rings. The van der Waals surface area contributed by atoms with Gasteiger partial charge >= 0.3 is 0 Å². The molecule has 3 heterocycles. The van der Waals surface area contributed by atoms with Crippen molar-refractivity contribution in [1.29, 1.82) is 0 Å². The number of aromatic nitrogens is 2. The van der Waals surface area contributed by atoms with Gasteiger partial charge in [0.15, 0.2) is 0 Å². The quantitative estimate of drug-likeness (QED) is 0.902. The van der Waals surface area contributed by atoms with Gasteiger partial charge in [-0.25, -0.2) is 4.98 Å². The Kier molecular flexibility index (Phi) is 3.92. The van der Waals surface area contributed by atoms with Crippen molar-refractivity contribution in [2.45, 2.75) is 26.3 Å². The van der Waals surface area contributed by atoms with Crippen LogP contribution in [0.2, 0.25) is 0 Å². The lowest BCUT2D eigenvalue weighted by atomic mass is 10.2. The van der Waals surface area contributed by atoms with Crippen LogP contribution in [0.5, 0.6) is 0 Å². The van der Waals surface area contributed by atoms with Crippen LogP contribution >= 0.6 is 11.3 Å². The second-order valence-corrected chi connectivity index (χ2v) is 5.99. The van der Waals surface area contributed by atoms with Gasteiger partial charge < -0.3 is 15.5 Å². The van der Waals surface area contributed by atoms with Crippen LogP contribution in [-0.2, 0) is 4.79 Å². The van der Waals surface area contributed by atoms with E-state index in [0.29, 0.717) is 12.5 Å². The molecule has 21 heavy (non-hydrogen) atoms. The van der Waals surface area contributed by atoms with Crippen LogP contribution in [0.3, 0.4) is 0 Å². The maximum Gasteiger partial charge on any atom is 0.242 e. The first-order valence-electron chi connectivity index (χ1n) is 7.24. The molecule has 1 saturated heterocycles. The summed E-state index contributed by atoms with van der Waals surface area (Å²) in [5.41, 5.74) is 0. The van der Waals surface area contributed by atoms with Crippen LogP contribution < -0.4 is 15.5 Å². The van der Waals surface area contributed by atoms with E-state index in [1.807, 2.05) is 18.4 Å². The predicted octanol–water partition coefficient (Wildman–Crippen LogP) is 1.84. The van der Waals surface area contributed by atoms with Gasteiger partial charge in [-0.15, -0.1) is 11.3 Å². The highest BCUT2D eigenvalue weighted by molar-refractivity contribution is 7.16. The zero-order valence-corrected chi connectivity index (χ0v) is 13.0. The zero-order valence-electron chi connectivity index (χ0n) is 12.2. The third-order valence-electron chi connectivity index (χ3n) is 3.61. The van der Waals surface area contributed by atoms with Crippen molar-refractivity contribution in [1.82, 2.24) is 15.3 Å². The molecule has 7 heteroatoms. The molecule has 0 spiro atoms. The van der Waals surface area contributed by atoms with E-state index in [9.17, 15) is 4.79 Å². The highest BCUT2D eigenvalue weighted by Crippen LogP contribution is 2.30. The fourth-order valence-electron chi connectivity index (χ4n) is 2.45. The molecule has 112 valence electrons. The Morgan fingerprint density at radius 1 is 1.52 bits per heavy atom. The largest absolute Gasteiger partial charge is 0.354 e. The lowest BCUT2D eigenvalue weighted by Gasteiger charge is -2.34. The van der Waals surface area contributed by atoms with Crippen LogP contribution in [0.25, 0.3) is 10.2 Å². The normalized spacial score (nSPS) is 18.9. The first-order valence-corrected chi connectivity index (χ1v) is 8.12. The number of amides is 1. The molecule has 2 aromatic heterocycles. The minimum atomic E-state index is -0.212. The average molecular weight is 305 g/mol. The van der Waals surface area contributed by atoms with Crippen LogP contribution in [0.4, 0.5) is 11.8 Å². The Labute approximate surface area is 127 Å². The summed E-state index contributed by atoms with van der Waals surface area (Å²) >= 11 is 1.60. The summed E-state index contributed by atoms with van der Waals surface area (Å²) in [6, 6.07) is 1.81. The van der Waals surface area contributed by atoms with E-state index in [1.54, 1.807) is 11.3 Å². The maximum absolute atomic E-state index is 11.9. The van der Waals surface area contributed by atoms with Gasteiger partial charge in [0, 0.05) is 19.6 Å². The third kappa shape index (κ3) is 2.65. The molecule has 1 aliphatic rings.